The Hall–Kier alpha value is -0.760. The molecule has 70 valence electrons. The fourth-order valence-corrected chi connectivity index (χ4v) is 1.33. The third-order valence-corrected chi connectivity index (χ3v) is 1.85. The van der Waals surface area contributed by atoms with E-state index in [4.69, 9.17) is 10.2 Å². The smallest absolute Gasteiger partial charge is 0.338 e. The molecule has 0 saturated heterocycles. The normalized spacial score (nSPS) is 12.5. The van der Waals surface area contributed by atoms with E-state index >= 15 is 0 Å². The van der Waals surface area contributed by atoms with Crippen molar-refractivity contribution in [1.29, 1.82) is 0 Å². The molecule has 6 heteroatoms. The van der Waals surface area contributed by atoms with Crippen LogP contribution in [0.15, 0.2) is 12.1 Å². The van der Waals surface area contributed by atoms with Crippen molar-refractivity contribution < 1.29 is 19.4 Å². The minimum atomic E-state index is -1.77. The molecule has 1 heterocycles. The van der Waals surface area contributed by atoms with Gasteiger partial charge in [0, 0.05) is 6.07 Å². The van der Waals surface area contributed by atoms with Crippen LogP contribution in [0.2, 0.25) is 0 Å². The predicted octanol–water partition coefficient (Wildman–Crippen LogP) is 0.943. The molecule has 0 aromatic carbocycles. The van der Waals surface area contributed by atoms with E-state index in [2.05, 4.69) is 4.98 Å². The highest BCUT2D eigenvalue weighted by Gasteiger charge is 2.18. The molecular weight excluding hydrogens is 292 g/mol. The average molecular weight is 297 g/mol. The van der Waals surface area contributed by atoms with Gasteiger partial charge in [-0.2, -0.15) is 0 Å². The number of pyridine rings is 1. The van der Waals surface area contributed by atoms with Gasteiger partial charge in [0.25, 0.3) is 0 Å². The molecule has 0 aliphatic rings. The Morgan fingerprint density at radius 1 is 1.62 bits per heavy atom. The number of hydrogen-bond acceptors (Lipinski definition) is 3. The van der Waals surface area contributed by atoms with Gasteiger partial charge < -0.3 is 10.2 Å². The fraction of sp³-hybridized carbons (Fsp3) is 0.143. The van der Waals surface area contributed by atoms with Gasteiger partial charge in [0.15, 0.2) is 6.10 Å². The zero-order valence-corrected chi connectivity index (χ0v) is 8.40. The number of aromatic nitrogens is 1. The molecule has 1 atom stereocenters. The summed E-state index contributed by atoms with van der Waals surface area (Å²) in [4.78, 5) is 14.0. The molecule has 0 radical (unpaired) electrons. The first-order chi connectivity index (χ1) is 6.00. The summed E-state index contributed by atoms with van der Waals surface area (Å²) in [5, 5.41) is 17.4. The molecular formula is C7H5FINO3. The zero-order valence-electron chi connectivity index (χ0n) is 6.24. The second-order valence-electron chi connectivity index (χ2n) is 2.27. The Balaban J connectivity index is 3.07. The molecule has 13 heavy (non-hydrogen) atoms. The highest BCUT2D eigenvalue weighted by Crippen LogP contribution is 2.14. The molecule has 2 N–H and O–H groups in total. The molecule has 0 aliphatic carbocycles. The van der Waals surface area contributed by atoms with Crippen LogP contribution in [-0.4, -0.2) is 21.2 Å². The topological polar surface area (TPSA) is 70.4 Å². The SMILES string of the molecule is O=C(O)C(O)c1cc(F)cc(I)n1. The van der Waals surface area contributed by atoms with Gasteiger partial charge in [-0.25, -0.2) is 14.2 Å². The number of halogens is 2. The van der Waals surface area contributed by atoms with E-state index < -0.39 is 17.9 Å². The molecule has 0 saturated carbocycles. The number of nitrogens with zero attached hydrogens (tertiary/aromatic N) is 1. The van der Waals surface area contributed by atoms with Gasteiger partial charge >= 0.3 is 5.97 Å². The molecule has 1 aromatic heterocycles. The number of carbonyl (C=O) groups is 1. The van der Waals surface area contributed by atoms with E-state index in [0.717, 1.165) is 12.1 Å². The highest BCUT2D eigenvalue weighted by atomic mass is 127. The van der Waals surface area contributed by atoms with Gasteiger partial charge in [-0.15, -0.1) is 0 Å². The van der Waals surface area contributed by atoms with Crippen LogP contribution in [0.4, 0.5) is 4.39 Å². The fourth-order valence-electron chi connectivity index (χ4n) is 0.751. The van der Waals surface area contributed by atoms with Crippen LogP contribution in [0.5, 0.6) is 0 Å². The first-order valence-corrected chi connectivity index (χ1v) is 4.32. The third-order valence-electron chi connectivity index (χ3n) is 1.29. The molecule has 0 bridgehead atoms. The van der Waals surface area contributed by atoms with Crippen molar-refractivity contribution in [3.05, 3.63) is 27.3 Å². The molecule has 0 amide bonds. The third kappa shape index (κ3) is 2.59. The van der Waals surface area contributed by atoms with Crippen molar-refractivity contribution in [3.63, 3.8) is 0 Å². The van der Waals surface area contributed by atoms with Crippen molar-refractivity contribution in [3.8, 4) is 0 Å². The van der Waals surface area contributed by atoms with E-state index in [1.807, 2.05) is 0 Å². The monoisotopic (exact) mass is 297 g/mol. The molecule has 1 aromatic rings. The van der Waals surface area contributed by atoms with E-state index in [-0.39, 0.29) is 5.69 Å². The molecule has 0 aliphatic heterocycles. The first kappa shape index (κ1) is 10.3. The maximum Gasteiger partial charge on any atom is 0.338 e. The molecule has 4 nitrogen and oxygen atoms in total. The summed E-state index contributed by atoms with van der Waals surface area (Å²) in [7, 11) is 0. The van der Waals surface area contributed by atoms with Crippen molar-refractivity contribution in [1.82, 2.24) is 4.98 Å². The van der Waals surface area contributed by atoms with Crippen molar-refractivity contribution in [2.75, 3.05) is 0 Å². The lowest BCUT2D eigenvalue weighted by atomic mass is 10.2. The van der Waals surface area contributed by atoms with E-state index in [9.17, 15) is 9.18 Å². The predicted molar refractivity (Wildman–Crippen MR) is 49.5 cm³/mol. The number of carboxylic acid groups (broad SMARTS) is 1. The molecule has 1 unspecified atom stereocenters. The van der Waals surface area contributed by atoms with Crippen molar-refractivity contribution in [2.24, 2.45) is 0 Å². The standard InChI is InChI=1S/C7H5FINO3/c8-3-1-4(6(11)7(12)13)10-5(9)2-3/h1-2,6,11H,(H,12,13). The summed E-state index contributed by atoms with van der Waals surface area (Å²) in [5.74, 6) is -2.07. The lowest BCUT2D eigenvalue weighted by Gasteiger charge is -2.04. The number of carboxylic acids is 1. The summed E-state index contributed by atoms with van der Waals surface area (Å²) < 4.78 is 13.0. The van der Waals surface area contributed by atoms with E-state index in [1.165, 1.54) is 0 Å². The van der Waals surface area contributed by atoms with E-state index in [1.54, 1.807) is 22.6 Å². The minimum Gasteiger partial charge on any atom is -0.479 e. The van der Waals surface area contributed by atoms with Crippen LogP contribution in [0.1, 0.15) is 11.8 Å². The first-order valence-electron chi connectivity index (χ1n) is 3.24. The lowest BCUT2D eigenvalue weighted by Crippen LogP contribution is -2.12. The Labute approximate surface area is 86.6 Å². The lowest BCUT2D eigenvalue weighted by molar-refractivity contribution is -0.147. The Kier molecular flexibility index (Phi) is 3.15. The van der Waals surface area contributed by atoms with Gasteiger partial charge in [0.05, 0.1) is 5.69 Å². The van der Waals surface area contributed by atoms with Crippen LogP contribution in [0.3, 0.4) is 0 Å². The number of hydrogen-bond donors (Lipinski definition) is 2. The largest absolute Gasteiger partial charge is 0.479 e. The summed E-state index contributed by atoms with van der Waals surface area (Å²) in [6.45, 7) is 0. The quantitative estimate of drug-likeness (QED) is 0.629. The van der Waals surface area contributed by atoms with Crippen LogP contribution < -0.4 is 0 Å². The summed E-state index contributed by atoms with van der Waals surface area (Å²) in [6.07, 6.45) is -1.77. The van der Waals surface area contributed by atoms with Gasteiger partial charge in [-0.1, -0.05) is 0 Å². The van der Waals surface area contributed by atoms with Crippen LogP contribution in [0, 0.1) is 9.52 Å². The average Bonchev–Trinajstić information content (AvgIpc) is 2.01. The van der Waals surface area contributed by atoms with Crippen LogP contribution in [0.25, 0.3) is 0 Å². The maximum absolute atomic E-state index is 12.7. The number of aliphatic hydroxyl groups excluding tert-OH is 1. The Morgan fingerprint density at radius 2 is 2.23 bits per heavy atom. The summed E-state index contributed by atoms with van der Waals surface area (Å²) in [5.41, 5.74) is -0.197. The van der Waals surface area contributed by atoms with Crippen LogP contribution >= 0.6 is 22.6 Å². The Morgan fingerprint density at radius 3 is 2.69 bits per heavy atom. The highest BCUT2D eigenvalue weighted by molar-refractivity contribution is 14.1. The molecule has 1 rings (SSSR count). The molecule has 0 fully saturated rings. The van der Waals surface area contributed by atoms with Crippen LogP contribution in [-0.2, 0) is 4.79 Å². The van der Waals surface area contributed by atoms with Gasteiger partial charge in [0.2, 0.25) is 0 Å². The number of aliphatic hydroxyl groups is 1. The summed E-state index contributed by atoms with van der Waals surface area (Å²) >= 11 is 1.73. The second-order valence-corrected chi connectivity index (χ2v) is 3.38. The van der Waals surface area contributed by atoms with Crippen molar-refractivity contribution >= 4 is 28.6 Å². The van der Waals surface area contributed by atoms with E-state index in [0.29, 0.717) is 3.70 Å². The zero-order chi connectivity index (χ0) is 10.0. The van der Waals surface area contributed by atoms with Gasteiger partial charge in [0.1, 0.15) is 9.52 Å². The molecule has 0 spiro atoms. The van der Waals surface area contributed by atoms with Gasteiger partial charge in [-0.3, -0.25) is 0 Å². The number of rotatable bonds is 2. The Bertz CT molecular complexity index is 324. The van der Waals surface area contributed by atoms with Gasteiger partial charge in [-0.05, 0) is 28.7 Å². The second kappa shape index (κ2) is 3.97. The summed E-state index contributed by atoms with van der Waals surface area (Å²) in [6, 6.07) is 2.03. The van der Waals surface area contributed by atoms with Crippen molar-refractivity contribution in [2.45, 2.75) is 6.10 Å². The minimum absolute atomic E-state index is 0.197. The maximum atomic E-state index is 12.7. The number of aliphatic carboxylic acids is 1.